The van der Waals surface area contributed by atoms with E-state index in [1.165, 1.54) is 40.0 Å². The Morgan fingerprint density at radius 2 is 0.763 bits per heavy atom. The number of benzene rings is 9. The second-order valence-electron chi connectivity index (χ2n) is 14.7. The molecule has 0 saturated heterocycles. The summed E-state index contributed by atoms with van der Waals surface area (Å²) in [5.41, 5.74) is 15.6. The Kier molecular flexibility index (Phi) is 9.46. The van der Waals surface area contributed by atoms with Gasteiger partial charge in [-0.3, -0.25) is 0 Å². The summed E-state index contributed by atoms with van der Waals surface area (Å²) in [6.45, 7) is 0. The van der Waals surface area contributed by atoms with Crippen LogP contribution in [0.4, 0.5) is 21.5 Å². The largest absolute Gasteiger partial charge is 0.310 e. The van der Waals surface area contributed by atoms with Gasteiger partial charge in [0.2, 0.25) is 0 Å². The Balaban J connectivity index is 1.04. The number of hydrogen-bond acceptors (Lipinski definition) is 1. The highest BCUT2D eigenvalue weighted by molar-refractivity contribution is 6.11. The second kappa shape index (κ2) is 15.7. The van der Waals surface area contributed by atoms with Crippen molar-refractivity contribution in [2.75, 3.05) is 4.90 Å². The number of para-hydroxylation sites is 2. The average Bonchev–Trinajstić information content (AvgIpc) is 3.64. The molecule has 0 spiro atoms. The van der Waals surface area contributed by atoms with Gasteiger partial charge >= 0.3 is 0 Å². The van der Waals surface area contributed by atoms with Crippen molar-refractivity contribution >= 4 is 50.0 Å². The molecule has 0 aliphatic carbocycles. The number of halogens is 1. The number of fused-ring (bicyclic) bond motifs is 3. The zero-order valence-corrected chi connectivity index (χ0v) is 32.3. The first kappa shape index (κ1) is 35.6. The molecule has 1 heterocycles. The number of rotatable bonds is 9. The van der Waals surface area contributed by atoms with Crippen LogP contribution in [0.5, 0.6) is 0 Å². The Labute approximate surface area is 344 Å². The highest BCUT2D eigenvalue weighted by Crippen LogP contribution is 2.41. The van der Waals surface area contributed by atoms with Gasteiger partial charge in [-0.1, -0.05) is 164 Å². The van der Waals surface area contributed by atoms with Crippen molar-refractivity contribution in [3.8, 4) is 16.8 Å². The molecule has 0 N–H and O–H groups in total. The molecule has 0 aliphatic rings. The summed E-state index contributed by atoms with van der Waals surface area (Å²) in [6, 6.07) is 82.2. The molecular weight excluding hydrogens is 720 g/mol. The fourth-order valence-electron chi connectivity index (χ4n) is 8.35. The van der Waals surface area contributed by atoms with Crippen LogP contribution in [0.2, 0.25) is 0 Å². The smallest absolute Gasteiger partial charge is 0.123 e. The SMILES string of the molecule is Fc1ccc(-n2c3ccccc3c3cc(N(c4ccccc4)c4ccc(-c5ccc(C(=C(c6ccccc6)c6ccccc6)c6ccccc6)cc5)cc4)ccc32)cc1. The molecule has 0 fully saturated rings. The maximum atomic E-state index is 14.0. The molecule has 0 atom stereocenters. The summed E-state index contributed by atoms with van der Waals surface area (Å²) in [5.74, 6) is -0.246. The zero-order valence-electron chi connectivity index (χ0n) is 32.3. The van der Waals surface area contributed by atoms with Gasteiger partial charge in [0.15, 0.2) is 0 Å². The molecule has 0 unspecified atom stereocenters. The van der Waals surface area contributed by atoms with Gasteiger partial charge in [0.1, 0.15) is 5.82 Å². The van der Waals surface area contributed by atoms with E-state index in [1.54, 1.807) is 0 Å². The fourth-order valence-corrected chi connectivity index (χ4v) is 8.35. The molecule has 0 bridgehead atoms. The van der Waals surface area contributed by atoms with Crippen LogP contribution in [-0.2, 0) is 0 Å². The van der Waals surface area contributed by atoms with Crippen molar-refractivity contribution in [1.29, 1.82) is 0 Å². The van der Waals surface area contributed by atoms with Crippen LogP contribution in [0.25, 0.3) is 49.8 Å². The summed E-state index contributed by atoms with van der Waals surface area (Å²) in [4.78, 5) is 2.31. The molecule has 3 heteroatoms. The number of aromatic nitrogens is 1. The van der Waals surface area contributed by atoms with E-state index in [0.717, 1.165) is 61.2 Å². The van der Waals surface area contributed by atoms with Crippen LogP contribution in [0.3, 0.4) is 0 Å². The fraction of sp³-hybridized carbons (Fsp3) is 0. The lowest BCUT2D eigenvalue weighted by molar-refractivity contribution is 0.627. The van der Waals surface area contributed by atoms with Gasteiger partial charge in [0.25, 0.3) is 0 Å². The minimum absolute atomic E-state index is 0.246. The summed E-state index contributed by atoms with van der Waals surface area (Å²) >= 11 is 0. The molecule has 59 heavy (non-hydrogen) atoms. The summed E-state index contributed by atoms with van der Waals surface area (Å²) in [5, 5.41) is 2.28. The molecular formula is C56H39FN2. The van der Waals surface area contributed by atoms with E-state index in [2.05, 4.69) is 222 Å². The van der Waals surface area contributed by atoms with Gasteiger partial charge < -0.3 is 9.47 Å². The van der Waals surface area contributed by atoms with Crippen molar-refractivity contribution in [3.05, 3.63) is 265 Å². The molecule has 0 saturated carbocycles. The molecule has 9 aromatic carbocycles. The lowest BCUT2D eigenvalue weighted by Crippen LogP contribution is -2.09. The first-order valence-corrected chi connectivity index (χ1v) is 20.0. The first-order valence-electron chi connectivity index (χ1n) is 20.0. The Morgan fingerprint density at radius 1 is 0.339 bits per heavy atom. The highest BCUT2D eigenvalue weighted by atomic mass is 19.1. The molecule has 2 nitrogen and oxygen atoms in total. The Bertz CT molecular complexity index is 3000. The van der Waals surface area contributed by atoms with Crippen LogP contribution in [0.1, 0.15) is 22.3 Å². The van der Waals surface area contributed by atoms with Crippen molar-refractivity contribution < 1.29 is 4.39 Å². The van der Waals surface area contributed by atoms with Gasteiger partial charge in [-0.25, -0.2) is 4.39 Å². The minimum Gasteiger partial charge on any atom is -0.310 e. The van der Waals surface area contributed by atoms with Crippen LogP contribution >= 0.6 is 0 Å². The van der Waals surface area contributed by atoms with Crippen molar-refractivity contribution in [3.63, 3.8) is 0 Å². The highest BCUT2D eigenvalue weighted by Gasteiger charge is 2.19. The third-order valence-corrected chi connectivity index (χ3v) is 11.1. The number of anilines is 3. The normalized spacial score (nSPS) is 11.1. The van der Waals surface area contributed by atoms with E-state index in [4.69, 9.17) is 0 Å². The van der Waals surface area contributed by atoms with Gasteiger partial charge in [-0.05, 0) is 117 Å². The van der Waals surface area contributed by atoms with E-state index in [1.807, 2.05) is 12.1 Å². The van der Waals surface area contributed by atoms with Crippen LogP contribution in [0, 0.1) is 5.82 Å². The topological polar surface area (TPSA) is 8.17 Å². The number of hydrogen-bond donors (Lipinski definition) is 0. The van der Waals surface area contributed by atoms with Gasteiger partial charge in [0.05, 0.1) is 11.0 Å². The summed E-state index contributed by atoms with van der Waals surface area (Å²) in [7, 11) is 0. The van der Waals surface area contributed by atoms with E-state index in [9.17, 15) is 4.39 Å². The van der Waals surface area contributed by atoms with Crippen LogP contribution in [0.15, 0.2) is 237 Å². The molecule has 0 aliphatic heterocycles. The van der Waals surface area contributed by atoms with Crippen LogP contribution in [-0.4, -0.2) is 4.57 Å². The predicted molar refractivity (Wildman–Crippen MR) is 245 cm³/mol. The zero-order chi connectivity index (χ0) is 39.5. The second-order valence-corrected chi connectivity index (χ2v) is 14.7. The summed E-state index contributed by atoms with van der Waals surface area (Å²) in [6.07, 6.45) is 0. The van der Waals surface area contributed by atoms with E-state index >= 15 is 0 Å². The minimum atomic E-state index is -0.246. The predicted octanol–water partition coefficient (Wildman–Crippen LogP) is 15.1. The molecule has 1 aromatic heterocycles. The molecule has 10 rings (SSSR count). The van der Waals surface area contributed by atoms with E-state index < -0.39 is 0 Å². The van der Waals surface area contributed by atoms with Gasteiger partial charge in [0, 0.05) is 33.5 Å². The molecule has 0 radical (unpaired) electrons. The standard InChI is InChI=1S/C56H39FN2/c57-46-31-35-49(36-32-46)59-53-24-14-13-23-51(53)52-39-50(37-38-54(52)59)58(47-21-11-4-12-22-47)48-33-29-41(30-34-48)40-25-27-45(28-26-40)56(44-19-9-3-10-20-44)55(42-15-5-1-6-16-42)43-17-7-2-8-18-43/h1-39H. The van der Waals surface area contributed by atoms with Crippen molar-refractivity contribution in [2.45, 2.75) is 0 Å². The monoisotopic (exact) mass is 758 g/mol. The quantitative estimate of drug-likeness (QED) is 0.133. The average molecular weight is 759 g/mol. The van der Waals surface area contributed by atoms with E-state index in [0.29, 0.717) is 0 Å². The lowest BCUT2D eigenvalue weighted by Gasteiger charge is -2.26. The number of nitrogens with zero attached hydrogens (tertiary/aromatic N) is 2. The molecule has 280 valence electrons. The van der Waals surface area contributed by atoms with Crippen molar-refractivity contribution in [1.82, 2.24) is 4.57 Å². The lowest BCUT2D eigenvalue weighted by atomic mass is 9.85. The summed E-state index contributed by atoms with van der Waals surface area (Å²) < 4.78 is 16.2. The molecule has 0 amide bonds. The molecule has 10 aromatic rings. The van der Waals surface area contributed by atoms with Gasteiger partial charge in [-0.15, -0.1) is 0 Å². The van der Waals surface area contributed by atoms with Crippen molar-refractivity contribution in [2.24, 2.45) is 0 Å². The van der Waals surface area contributed by atoms with Gasteiger partial charge in [-0.2, -0.15) is 0 Å². The Hall–Kier alpha value is -7.75. The third-order valence-electron chi connectivity index (χ3n) is 11.1. The van der Waals surface area contributed by atoms with E-state index in [-0.39, 0.29) is 5.82 Å². The maximum Gasteiger partial charge on any atom is 0.123 e. The Morgan fingerprint density at radius 3 is 1.32 bits per heavy atom. The maximum absolute atomic E-state index is 14.0. The first-order chi connectivity index (χ1) is 29.2. The third kappa shape index (κ3) is 6.90. The van der Waals surface area contributed by atoms with Crippen LogP contribution < -0.4 is 4.90 Å².